The number of rotatable bonds is 1. The SMILES string of the molecule is Cc1cccc2nc(C(=O)NC#N)cn12. The van der Waals surface area contributed by atoms with Crippen molar-refractivity contribution in [2.45, 2.75) is 6.92 Å². The second-order valence-corrected chi connectivity index (χ2v) is 3.09. The van der Waals surface area contributed by atoms with Gasteiger partial charge in [-0.15, -0.1) is 0 Å². The molecule has 5 heteroatoms. The van der Waals surface area contributed by atoms with Gasteiger partial charge in [-0.3, -0.25) is 10.1 Å². The van der Waals surface area contributed by atoms with Crippen LogP contribution in [-0.2, 0) is 0 Å². The van der Waals surface area contributed by atoms with Crippen LogP contribution in [0, 0.1) is 18.4 Å². The summed E-state index contributed by atoms with van der Waals surface area (Å²) in [5, 5.41) is 10.3. The van der Waals surface area contributed by atoms with Crippen LogP contribution in [-0.4, -0.2) is 15.3 Å². The first-order valence-corrected chi connectivity index (χ1v) is 4.36. The number of nitrogens with one attached hydrogen (secondary N) is 1. The first kappa shape index (κ1) is 9.21. The van der Waals surface area contributed by atoms with Crippen molar-refractivity contribution >= 4 is 11.6 Å². The molecule has 2 heterocycles. The molecular formula is C10H8N4O. The highest BCUT2D eigenvalue weighted by Gasteiger charge is 2.10. The van der Waals surface area contributed by atoms with Crippen molar-refractivity contribution in [2.75, 3.05) is 0 Å². The van der Waals surface area contributed by atoms with Gasteiger partial charge in [0, 0.05) is 11.9 Å². The number of carbonyl (C=O) groups excluding carboxylic acids is 1. The molecule has 0 aromatic carbocycles. The number of pyridine rings is 1. The molecule has 0 spiro atoms. The van der Waals surface area contributed by atoms with Gasteiger partial charge in [0.05, 0.1) is 0 Å². The number of nitrogens with zero attached hydrogens (tertiary/aromatic N) is 3. The average Bonchev–Trinajstić information content (AvgIpc) is 2.63. The lowest BCUT2D eigenvalue weighted by Crippen LogP contribution is -2.17. The molecule has 0 unspecified atom stereocenters. The van der Waals surface area contributed by atoms with Crippen molar-refractivity contribution in [1.29, 1.82) is 5.26 Å². The molecule has 0 radical (unpaired) electrons. The molecule has 0 fully saturated rings. The molecule has 0 bridgehead atoms. The highest BCUT2D eigenvalue weighted by atomic mass is 16.1. The Hall–Kier alpha value is -2.35. The van der Waals surface area contributed by atoms with Crippen LogP contribution in [0.15, 0.2) is 24.4 Å². The van der Waals surface area contributed by atoms with E-state index in [9.17, 15) is 4.79 Å². The minimum atomic E-state index is -0.486. The molecule has 0 saturated carbocycles. The number of hydrogen-bond acceptors (Lipinski definition) is 3. The molecule has 0 aliphatic heterocycles. The number of hydrogen-bond donors (Lipinski definition) is 1. The standard InChI is InChI=1S/C10H8N4O/c1-7-3-2-4-9-13-8(5-14(7)9)10(15)12-6-11/h2-5H,1H3,(H,12,15). The molecule has 0 saturated heterocycles. The van der Waals surface area contributed by atoms with Gasteiger partial charge in [0.15, 0.2) is 6.19 Å². The zero-order chi connectivity index (χ0) is 10.8. The molecule has 2 aromatic rings. The maximum absolute atomic E-state index is 11.3. The number of aryl methyl sites for hydroxylation is 1. The van der Waals surface area contributed by atoms with Crippen molar-refractivity contribution in [3.8, 4) is 6.19 Å². The van der Waals surface area contributed by atoms with Gasteiger partial charge in [-0.2, -0.15) is 5.26 Å². The van der Waals surface area contributed by atoms with E-state index in [-0.39, 0.29) is 5.69 Å². The van der Waals surface area contributed by atoms with Gasteiger partial charge in [0.1, 0.15) is 11.3 Å². The average molecular weight is 200 g/mol. The van der Waals surface area contributed by atoms with E-state index in [1.165, 1.54) is 0 Å². The normalized spacial score (nSPS) is 9.87. The number of carbonyl (C=O) groups is 1. The van der Waals surface area contributed by atoms with E-state index in [0.717, 1.165) is 5.69 Å². The second kappa shape index (κ2) is 3.42. The Morgan fingerprint density at radius 2 is 2.40 bits per heavy atom. The molecule has 0 aliphatic carbocycles. The van der Waals surface area contributed by atoms with E-state index in [1.54, 1.807) is 22.9 Å². The van der Waals surface area contributed by atoms with Crippen LogP contribution >= 0.6 is 0 Å². The monoisotopic (exact) mass is 200 g/mol. The fourth-order valence-corrected chi connectivity index (χ4v) is 1.37. The lowest BCUT2D eigenvalue weighted by atomic mass is 10.4. The summed E-state index contributed by atoms with van der Waals surface area (Å²) in [6.45, 7) is 1.92. The first-order chi connectivity index (χ1) is 7.22. The number of nitriles is 1. The molecule has 0 atom stereocenters. The molecule has 2 rings (SSSR count). The van der Waals surface area contributed by atoms with Crippen molar-refractivity contribution in [3.05, 3.63) is 35.8 Å². The number of fused-ring (bicyclic) bond motifs is 1. The summed E-state index contributed by atoms with van der Waals surface area (Å²) in [5.41, 5.74) is 1.92. The summed E-state index contributed by atoms with van der Waals surface area (Å²) >= 11 is 0. The first-order valence-electron chi connectivity index (χ1n) is 4.36. The van der Waals surface area contributed by atoms with Crippen LogP contribution in [0.2, 0.25) is 0 Å². The van der Waals surface area contributed by atoms with E-state index in [4.69, 9.17) is 5.26 Å². The lowest BCUT2D eigenvalue weighted by Gasteiger charge is -1.95. The summed E-state index contributed by atoms with van der Waals surface area (Å²) < 4.78 is 1.80. The van der Waals surface area contributed by atoms with Crippen LogP contribution in [0.5, 0.6) is 0 Å². The molecule has 1 amide bonds. The van der Waals surface area contributed by atoms with Gasteiger partial charge < -0.3 is 4.40 Å². The third-order valence-corrected chi connectivity index (χ3v) is 2.10. The third-order valence-electron chi connectivity index (χ3n) is 2.10. The Morgan fingerprint density at radius 1 is 1.60 bits per heavy atom. The van der Waals surface area contributed by atoms with E-state index in [2.05, 4.69) is 4.98 Å². The van der Waals surface area contributed by atoms with Gasteiger partial charge in [0.2, 0.25) is 0 Å². The van der Waals surface area contributed by atoms with E-state index in [0.29, 0.717) is 5.65 Å². The molecular weight excluding hydrogens is 192 g/mol. The van der Waals surface area contributed by atoms with E-state index < -0.39 is 5.91 Å². The summed E-state index contributed by atoms with van der Waals surface area (Å²) in [6.07, 6.45) is 3.18. The molecule has 1 N–H and O–H groups in total. The lowest BCUT2D eigenvalue weighted by molar-refractivity contribution is 0.0968. The van der Waals surface area contributed by atoms with Crippen molar-refractivity contribution in [3.63, 3.8) is 0 Å². The minimum absolute atomic E-state index is 0.242. The summed E-state index contributed by atoms with van der Waals surface area (Å²) in [4.78, 5) is 15.4. The van der Waals surface area contributed by atoms with Crippen molar-refractivity contribution < 1.29 is 4.79 Å². The van der Waals surface area contributed by atoms with Crippen molar-refractivity contribution in [1.82, 2.24) is 14.7 Å². The summed E-state index contributed by atoms with van der Waals surface area (Å²) in [5.74, 6) is -0.486. The number of aromatic nitrogens is 2. The van der Waals surface area contributed by atoms with E-state index in [1.807, 2.05) is 24.4 Å². The quantitative estimate of drug-likeness (QED) is 0.548. The zero-order valence-electron chi connectivity index (χ0n) is 8.06. The maximum atomic E-state index is 11.3. The minimum Gasteiger partial charge on any atom is -0.304 e. The smallest absolute Gasteiger partial charge is 0.284 e. The van der Waals surface area contributed by atoms with Gasteiger partial charge in [-0.05, 0) is 19.1 Å². The number of imidazole rings is 1. The Balaban J connectivity index is 2.53. The summed E-state index contributed by atoms with van der Waals surface area (Å²) in [6, 6.07) is 5.58. The Morgan fingerprint density at radius 3 is 3.07 bits per heavy atom. The van der Waals surface area contributed by atoms with Crippen LogP contribution in [0.1, 0.15) is 16.2 Å². The summed E-state index contributed by atoms with van der Waals surface area (Å²) in [7, 11) is 0. The molecule has 5 nitrogen and oxygen atoms in total. The zero-order valence-corrected chi connectivity index (χ0v) is 8.06. The van der Waals surface area contributed by atoms with Gasteiger partial charge >= 0.3 is 0 Å². The van der Waals surface area contributed by atoms with Crippen LogP contribution < -0.4 is 5.32 Å². The highest BCUT2D eigenvalue weighted by Crippen LogP contribution is 2.07. The molecule has 15 heavy (non-hydrogen) atoms. The van der Waals surface area contributed by atoms with E-state index >= 15 is 0 Å². The molecule has 0 aliphatic rings. The predicted octanol–water partition coefficient (Wildman–Crippen LogP) is 0.854. The van der Waals surface area contributed by atoms with Gasteiger partial charge in [0.25, 0.3) is 5.91 Å². The fraction of sp³-hybridized carbons (Fsp3) is 0.100. The van der Waals surface area contributed by atoms with Crippen LogP contribution in [0.25, 0.3) is 5.65 Å². The van der Waals surface area contributed by atoms with Gasteiger partial charge in [-0.25, -0.2) is 4.98 Å². The fourth-order valence-electron chi connectivity index (χ4n) is 1.37. The Bertz CT molecular complexity index is 564. The topological polar surface area (TPSA) is 70.2 Å². The van der Waals surface area contributed by atoms with Crippen LogP contribution in [0.4, 0.5) is 0 Å². The Kier molecular flexibility index (Phi) is 2.10. The third kappa shape index (κ3) is 1.53. The maximum Gasteiger partial charge on any atom is 0.284 e. The van der Waals surface area contributed by atoms with Crippen molar-refractivity contribution in [2.24, 2.45) is 0 Å². The second-order valence-electron chi connectivity index (χ2n) is 3.09. The molecule has 2 aromatic heterocycles. The number of amides is 1. The Labute approximate surface area is 86.0 Å². The largest absolute Gasteiger partial charge is 0.304 e. The predicted molar refractivity (Wildman–Crippen MR) is 53.0 cm³/mol. The highest BCUT2D eigenvalue weighted by molar-refractivity contribution is 5.93. The van der Waals surface area contributed by atoms with Gasteiger partial charge in [-0.1, -0.05) is 6.07 Å². The molecule has 74 valence electrons. The van der Waals surface area contributed by atoms with Crippen LogP contribution in [0.3, 0.4) is 0 Å².